The van der Waals surface area contributed by atoms with Crippen LogP contribution in [0, 0.1) is 5.82 Å². The summed E-state index contributed by atoms with van der Waals surface area (Å²) in [6.07, 6.45) is 3.61. The lowest BCUT2D eigenvalue weighted by Crippen LogP contribution is -2.27. The van der Waals surface area contributed by atoms with Crippen LogP contribution < -0.4 is 5.32 Å². The molecule has 0 aliphatic heterocycles. The monoisotopic (exact) mass is 283 g/mol. The van der Waals surface area contributed by atoms with Crippen molar-refractivity contribution in [3.05, 3.63) is 71.0 Å². The van der Waals surface area contributed by atoms with Gasteiger partial charge in [-0.3, -0.25) is 0 Å². The highest BCUT2D eigenvalue weighted by Crippen LogP contribution is 2.40. The molecule has 1 fully saturated rings. The van der Waals surface area contributed by atoms with Crippen molar-refractivity contribution in [3.8, 4) is 0 Å². The molecule has 1 N–H and O–H groups in total. The zero-order valence-corrected chi connectivity index (χ0v) is 12.5. The van der Waals surface area contributed by atoms with E-state index >= 15 is 0 Å². The zero-order chi connectivity index (χ0) is 14.7. The Morgan fingerprint density at radius 2 is 1.86 bits per heavy atom. The van der Waals surface area contributed by atoms with E-state index in [0.29, 0.717) is 6.04 Å². The summed E-state index contributed by atoms with van der Waals surface area (Å²) in [4.78, 5) is 0. The van der Waals surface area contributed by atoms with Crippen LogP contribution in [0.4, 0.5) is 4.39 Å². The first-order valence-electron chi connectivity index (χ1n) is 7.77. The van der Waals surface area contributed by atoms with Gasteiger partial charge >= 0.3 is 0 Å². The van der Waals surface area contributed by atoms with E-state index in [2.05, 4.69) is 36.5 Å². The molecule has 1 aliphatic carbocycles. The molecule has 110 valence electrons. The van der Waals surface area contributed by atoms with Crippen LogP contribution in [-0.2, 0) is 13.0 Å². The van der Waals surface area contributed by atoms with Gasteiger partial charge in [0.25, 0.3) is 0 Å². The Kier molecular flexibility index (Phi) is 4.35. The van der Waals surface area contributed by atoms with Crippen LogP contribution >= 0.6 is 0 Å². The molecule has 21 heavy (non-hydrogen) atoms. The highest BCUT2D eigenvalue weighted by molar-refractivity contribution is 5.29. The van der Waals surface area contributed by atoms with Gasteiger partial charge < -0.3 is 5.32 Å². The molecule has 2 aromatic rings. The van der Waals surface area contributed by atoms with Gasteiger partial charge in [0.2, 0.25) is 0 Å². The molecule has 2 aromatic carbocycles. The minimum absolute atomic E-state index is 0.170. The summed E-state index contributed by atoms with van der Waals surface area (Å²) < 4.78 is 12.9. The van der Waals surface area contributed by atoms with E-state index in [0.717, 1.165) is 18.9 Å². The smallest absolute Gasteiger partial charge is 0.123 e. The van der Waals surface area contributed by atoms with Crippen molar-refractivity contribution in [2.75, 3.05) is 0 Å². The second kappa shape index (κ2) is 6.40. The van der Waals surface area contributed by atoms with E-state index < -0.39 is 0 Å². The second-order valence-electron chi connectivity index (χ2n) is 6.13. The molecule has 1 unspecified atom stereocenters. The van der Waals surface area contributed by atoms with Gasteiger partial charge in [-0.15, -0.1) is 0 Å². The lowest BCUT2D eigenvalue weighted by atomic mass is 10.1. The first kappa shape index (κ1) is 14.3. The summed E-state index contributed by atoms with van der Waals surface area (Å²) in [5.41, 5.74) is 4.01. The maximum atomic E-state index is 12.9. The lowest BCUT2D eigenvalue weighted by Gasteiger charge is -2.14. The number of hydrogen-bond donors (Lipinski definition) is 1. The van der Waals surface area contributed by atoms with Crippen LogP contribution in [0.25, 0.3) is 0 Å². The summed E-state index contributed by atoms with van der Waals surface area (Å²) in [5, 5.41) is 3.55. The lowest BCUT2D eigenvalue weighted by molar-refractivity contribution is 0.544. The molecule has 0 radical (unpaired) electrons. The predicted molar refractivity (Wildman–Crippen MR) is 84.8 cm³/mol. The molecule has 1 saturated carbocycles. The molecule has 0 saturated heterocycles. The summed E-state index contributed by atoms with van der Waals surface area (Å²) in [6, 6.07) is 16.1. The number of rotatable bonds is 6. The summed E-state index contributed by atoms with van der Waals surface area (Å²) >= 11 is 0. The SMILES string of the molecule is CC(Cc1ccc(F)cc1)NCc1cccc(C2CC2)c1. The minimum atomic E-state index is -0.170. The molecule has 1 nitrogen and oxygen atoms in total. The number of nitrogens with one attached hydrogen (secondary N) is 1. The number of hydrogen-bond acceptors (Lipinski definition) is 1. The van der Waals surface area contributed by atoms with Gasteiger partial charge in [-0.25, -0.2) is 4.39 Å². The van der Waals surface area contributed by atoms with Crippen molar-refractivity contribution in [3.63, 3.8) is 0 Å². The van der Waals surface area contributed by atoms with Crippen molar-refractivity contribution in [2.24, 2.45) is 0 Å². The summed E-state index contributed by atoms with van der Waals surface area (Å²) in [6.45, 7) is 3.07. The van der Waals surface area contributed by atoms with E-state index in [1.807, 2.05) is 12.1 Å². The molecule has 0 bridgehead atoms. The minimum Gasteiger partial charge on any atom is -0.310 e. The van der Waals surface area contributed by atoms with Gasteiger partial charge in [-0.1, -0.05) is 36.4 Å². The maximum absolute atomic E-state index is 12.9. The van der Waals surface area contributed by atoms with Gasteiger partial charge in [0.15, 0.2) is 0 Å². The molecule has 1 aliphatic rings. The van der Waals surface area contributed by atoms with Crippen LogP contribution in [-0.4, -0.2) is 6.04 Å². The van der Waals surface area contributed by atoms with Crippen LogP contribution in [0.15, 0.2) is 48.5 Å². The van der Waals surface area contributed by atoms with Crippen molar-refractivity contribution in [1.82, 2.24) is 5.32 Å². The van der Waals surface area contributed by atoms with Crippen molar-refractivity contribution >= 4 is 0 Å². The van der Waals surface area contributed by atoms with E-state index in [4.69, 9.17) is 0 Å². The fourth-order valence-corrected chi connectivity index (χ4v) is 2.71. The fourth-order valence-electron chi connectivity index (χ4n) is 2.71. The van der Waals surface area contributed by atoms with Crippen LogP contribution in [0.1, 0.15) is 42.4 Å². The van der Waals surface area contributed by atoms with Gasteiger partial charge in [0, 0.05) is 12.6 Å². The van der Waals surface area contributed by atoms with Gasteiger partial charge in [-0.2, -0.15) is 0 Å². The Labute approximate surface area is 126 Å². The highest BCUT2D eigenvalue weighted by Gasteiger charge is 2.23. The highest BCUT2D eigenvalue weighted by atomic mass is 19.1. The second-order valence-corrected chi connectivity index (χ2v) is 6.13. The molecular weight excluding hydrogens is 261 g/mol. The van der Waals surface area contributed by atoms with E-state index in [1.54, 1.807) is 0 Å². The van der Waals surface area contributed by atoms with E-state index in [1.165, 1.54) is 41.7 Å². The Morgan fingerprint density at radius 1 is 1.10 bits per heavy atom. The van der Waals surface area contributed by atoms with E-state index in [9.17, 15) is 4.39 Å². The first-order valence-corrected chi connectivity index (χ1v) is 7.77. The average molecular weight is 283 g/mol. The third-order valence-corrected chi connectivity index (χ3v) is 4.11. The largest absolute Gasteiger partial charge is 0.310 e. The molecule has 0 heterocycles. The molecule has 2 heteroatoms. The fraction of sp³-hybridized carbons (Fsp3) is 0.368. The number of benzene rings is 2. The molecule has 0 amide bonds. The average Bonchev–Trinajstić information content (AvgIpc) is 3.33. The molecule has 0 aromatic heterocycles. The van der Waals surface area contributed by atoms with Crippen molar-refractivity contribution in [2.45, 2.75) is 44.7 Å². The van der Waals surface area contributed by atoms with Crippen LogP contribution in [0.5, 0.6) is 0 Å². The topological polar surface area (TPSA) is 12.0 Å². The molecular formula is C19H22FN. The van der Waals surface area contributed by atoms with Crippen LogP contribution in [0.2, 0.25) is 0 Å². The van der Waals surface area contributed by atoms with Gasteiger partial charge in [-0.05, 0) is 60.9 Å². The Bertz CT molecular complexity index is 587. The molecule has 0 spiro atoms. The quantitative estimate of drug-likeness (QED) is 0.827. The first-order chi connectivity index (χ1) is 10.2. The predicted octanol–water partition coefficient (Wildman–Crippen LogP) is 4.42. The maximum Gasteiger partial charge on any atom is 0.123 e. The van der Waals surface area contributed by atoms with Crippen molar-refractivity contribution in [1.29, 1.82) is 0 Å². The molecule has 3 rings (SSSR count). The Balaban J connectivity index is 1.52. The van der Waals surface area contributed by atoms with Gasteiger partial charge in [0.1, 0.15) is 5.82 Å². The molecule has 1 atom stereocenters. The van der Waals surface area contributed by atoms with Gasteiger partial charge in [0.05, 0.1) is 0 Å². The van der Waals surface area contributed by atoms with Crippen LogP contribution in [0.3, 0.4) is 0 Å². The Morgan fingerprint density at radius 3 is 2.57 bits per heavy atom. The third kappa shape index (κ3) is 4.15. The normalized spacial score (nSPS) is 15.9. The zero-order valence-electron chi connectivity index (χ0n) is 12.5. The van der Waals surface area contributed by atoms with E-state index in [-0.39, 0.29) is 5.82 Å². The number of halogens is 1. The summed E-state index contributed by atoms with van der Waals surface area (Å²) in [7, 11) is 0. The third-order valence-electron chi connectivity index (χ3n) is 4.11. The van der Waals surface area contributed by atoms with Crippen molar-refractivity contribution < 1.29 is 4.39 Å². The summed E-state index contributed by atoms with van der Waals surface area (Å²) in [5.74, 6) is 0.637. The Hall–Kier alpha value is -1.67. The standard InChI is InChI=1S/C19H22FN/c1-14(11-15-5-9-19(20)10-6-15)21-13-16-3-2-4-18(12-16)17-7-8-17/h2-6,9-10,12,14,17,21H,7-8,11,13H2,1H3.